The molecule has 0 radical (unpaired) electrons. The Hall–Kier alpha value is -4.41. The summed E-state index contributed by atoms with van der Waals surface area (Å²) in [4.78, 5) is 43.0. The van der Waals surface area contributed by atoms with Crippen molar-refractivity contribution >= 4 is 37.3 Å². The molecular weight excluding hydrogens is 694 g/mol. The molecule has 0 bridgehead atoms. The van der Waals surface area contributed by atoms with E-state index >= 15 is 4.39 Å². The first kappa shape index (κ1) is 43.0. The third-order valence-electron chi connectivity index (χ3n) is 9.04. The molecule has 11 nitrogen and oxygen atoms in total. The van der Waals surface area contributed by atoms with Gasteiger partial charge in [0, 0.05) is 24.0 Å². The summed E-state index contributed by atoms with van der Waals surface area (Å²) in [6, 6.07) is 12.7. The van der Waals surface area contributed by atoms with Gasteiger partial charge in [-0.05, 0) is 88.3 Å². The first-order chi connectivity index (χ1) is 24.6. The summed E-state index contributed by atoms with van der Waals surface area (Å²) in [6.45, 7) is 23.7. The number of aromatic nitrogens is 1. The average molecular weight is 752 g/mol. The quantitative estimate of drug-likeness (QED) is 0.120. The van der Waals surface area contributed by atoms with Crippen LogP contribution in [-0.4, -0.2) is 67.8 Å². The van der Waals surface area contributed by atoms with E-state index in [1.807, 2.05) is 0 Å². The van der Waals surface area contributed by atoms with E-state index in [9.17, 15) is 19.6 Å². The molecule has 3 amide bonds. The van der Waals surface area contributed by atoms with E-state index in [0.29, 0.717) is 22.1 Å². The van der Waals surface area contributed by atoms with Crippen molar-refractivity contribution in [1.29, 1.82) is 5.26 Å². The lowest BCUT2D eigenvalue weighted by Gasteiger charge is -2.45. The Morgan fingerprint density at radius 2 is 1.40 bits per heavy atom. The number of hydrogen-bond donors (Lipinski definition) is 4. The highest BCUT2D eigenvalue weighted by Gasteiger charge is 2.47. The maximum absolute atomic E-state index is 15.0. The molecule has 13 heteroatoms. The zero-order chi connectivity index (χ0) is 39.9. The fourth-order valence-electron chi connectivity index (χ4n) is 7.03. The number of carbonyl (C=O) groups excluding carboxylic acids is 3. The number of alkyl carbamates (subject to hydrolysis) is 2. The fourth-order valence-corrected chi connectivity index (χ4v) is 12.6. The predicted octanol–water partition coefficient (Wildman–Crippen LogP) is 8.94. The Morgan fingerprint density at radius 3 is 1.92 bits per heavy atom. The molecule has 0 saturated heterocycles. The van der Waals surface area contributed by atoms with Gasteiger partial charge in [-0.2, -0.15) is 5.26 Å². The van der Waals surface area contributed by atoms with Crippen LogP contribution in [0.2, 0.25) is 16.6 Å². The van der Waals surface area contributed by atoms with Crippen molar-refractivity contribution in [1.82, 2.24) is 20.9 Å². The van der Waals surface area contributed by atoms with E-state index in [0.717, 1.165) is 0 Å². The van der Waals surface area contributed by atoms with Crippen molar-refractivity contribution < 1.29 is 32.7 Å². The van der Waals surface area contributed by atoms with Crippen LogP contribution in [0.1, 0.15) is 106 Å². The third kappa shape index (κ3) is 11.5. The highest BCUT2D eigenvalue weighted by Crippen LogP contribution is 2.43. The lowest BCUT2D eigenvalue weighted by atomic mass is 10.00. The molecule has 1 heterocycles. The molecule has 1 aromatic heterocycles. The second-order valence-electron chi connectivity index (χ2n) is 16.5. The van der Waals surface area contributed by atoms with Gasteiger partial charge in [-0.1, -0.05) is 65.8 Å². The van der Waals surface area contributed by atoms with Gasteiger partial charge in [0.1, 0.15) is 22.7 Å². The summed E-state index contributed by atoms with van der Waals surface area (Å²) in [5, 5.41) is 18.6. The molecule has 0 spiro atoms. The number of aromatic amines is 1. The molecular formula is C40H58FN5O6Si. The molecule has 0 aliphatic carbocycles. The molecule has 3 rings (SSSR count). The maximum atomic E-state index is 15.0. The van der Waals surface area contributed by atoms with E-state index < -0.39 is 55.6 Å². The molecule has 0 aliphatic heterocycles. The minimum absolute atomic E-state index is 0.0470. The van der Waals surface area contributed by atoms with Crippen LogP contribution in [-0.2, 0) is 13.9 Å². The number of rotatable bonds is 14. The summed E-state index contributed by atoms with van der Waals surface area (Å²) in [7, 11) is -2.51. The smallest absolute Gasteiger partial charge is 0.407 e. The number of nitriles is 1. The second-order valence-corrected chi connectivity index (χ2v) is 21.9. The van der Waals surface area contributed by atoms with Crippen LogP contribution in [0.15, 0.2) is 42.5 Å². The third-order valence-corrected chi connectivity index (χ3v) is 15.2. The summed E-state index contributed by atoms with van der Waals surface area (Å²) in [5.74, 6) is -1.05. The molecule has 3 aromatic rings. The monoisotopic (exact) mass is 751 g/mol. The van der Waals surface area contributed by atoms with E-state index in [1.165, 1.54) is 6.07 Å². The minimum Gasteiger partial charge on any atom is -0.444 e. The van der Waals surface area contributed by atoms with Crippen molar-refractivity contribution in [3.05, 3.63) is 59.5 Å². The first-order valence-corrected chi connectivity index (χ1v) is 20.4. The van der Waals surface area contributed by atoms with Gasteiger partial charge >= 0.3 is 12.2 Å². The average Bonchev–Trinajstić information content (AvgIpc) is 3.43. The van der Waals surface area contributed by atoms with Crippen molar-refractivity contribution in [2.45, 2.75) is 129 Å². The zero-order valence-corrected chi connectivity index (χ0v) is 34.3. The van der Waals surface area contributed by atoms with Gasteiger partial charge in [-0.15, -0.1) is 0 Å². The summed E-state index contributed by atoms with van der Waals surface area (Å²) in [6.07, 6.45) is -1.64. The number of halogens is 1. The number of para-hydroxylation sites is 1. The van der Waals surface area contributed by atoms with Gasteiger partial charge in [0.2, 0.25) is 8.32 Å². The van der Waals surface area contributed by atoms with Crippen molar-refractivity contribution in [3.63, 3.8) is 0 Å². The van der Waals surface area contributed by atoms with Gasteiger partial charge in [0.05, 0.1) is 29.3 Å². The number of carbonyl (C=O) groups is 3. The van der Waals surface area contributed by atoms with Gasteiger partial charge in [0.25, 0.3) is 5.91 Å². The van der Waals surface area contributed by atoms with E-state index in [4.69, 9.17) is 13.9 Å². The van der Waals surface area contributed by atoms with Gasteiger partial charge in [-0.25, -0.2) is 14.0 Å². The van der Waals surface area contributed by atoms with Crippen LogP contribution >= 0.6 is 0 Å². The molecule has 0 saturated carbocycles. The number of amides is 3. The Labute approximate surface area is 314 Å². The minimum atomic E-state index is -2.51. The zero-order valence-electron chi connectivity index (χ0n) is 33.3. The molecule has 0 fully saturated rings. The number of H-pyrrole nitrogens is 1. The Morgan fingerprint density at radius 1 is 0.830 bits per heavy atom. The van der Waals surface area contributed by atoms with Crippen LogP contribution in [0.3, 0.4) is 0 Å². The van der Waals surface area contributed by atoms with E-state index in [2.05, 4.69) is 68.5 Å². The van der Waals surface area contributed by atoms with Gasteiger partial charge in [-0.3, -0.25) is 4.79 Å². The summed E-state index contributed by atoms with van der Waals surface area (Å²) in [5.41, 5.74) is 1.02. The van der Waals surface area contributed by atoms with Crippen LogP contribution in [0, 0.1) is 17.1 Å². The number of nitrogens with zero attached hydrogens (tertiary/aromatic N) is 1. The van der Waals surface area contributed by atoms with Crippen molar-refractivity contribution in [3.8, 4) is 17.2 Å². The molecule has 2 aromatic carbocycles. The largest absolute Gasteiger partial charge is 0.444 e. The van der Waals surface area contributed by atoms with Crippen LogP contribution < -0.4 is 16.0 Å². The SMILES string of the molecule is CC(C)[Si](OC(CNC(=O)OC(C)(C)C)C[C@@H](CNC(=O)c1[nH]c2c(F)cccc2c1-c1ccc(C#N)cc1)NC(=O)OC(C)(C)C)(C(C)C)C(C)C. The number of benzene rings is 2. The van der Waals surface area contributed by atoms with Crippen molar-refractivity contribution in [2.24, 2.45) is 0 Å². The Kier molecular flexibility index (Phi) is 14.3. The lowest BCUT2D eigenvalue weighted by Crippen LogP contribution is -2.55. The Bertz CT molecular complexity index is 1750. The number of fused-ring (bicyclic) bond motifs is 1. The maximum Gasteiger partial charge on any atom is 0.407 e. The fraction of sp³-hybridized carbons (Fsp3) is 0.550. The molecule has 53 heavy (non-hydrogen) atoms. The predicted molar refractivity (Wildman–Crippen MR) is 209 cm³/mol. The molecule has 2 atom stereocenters. The standard InChI is InChI=1S/C40H58FN5O6Si/c1-24(2)53(25(3)4,26(5)6)52-30(23-44-37(48)50-39(7,8)9)20-29(45-38(49)51-40(10,11)12)22-43-36(47)35-33(28-18-16-27(21-42)17-19-28)31-14-13-15-32(41)34(31)46-35/h13-19,24-26,29-30,46H,20,22-23H2,1-12H3,(H,43,47)(H,44,48)(H,45,49)/t29-,30?/m0/s1. The number of hydrogen-bond acceptors (Lipinski definition) is 7. The first-order valence-electron chi connectivity index (χ1n) is 18.3. The van der Waals surface area contributed by atoms with Crippen molar-refractivity contribution in [2.75, 3.05) is 13.1 Å². The summed E-state index contributed by atoms with van der Waals surface area (Å²) >= 11 is 0. The number of ether oxygens (including phenoxy) is 2. The lowest BCUT2D eigenvalue weighted by molar-refractivity contribution is 0.0442. The summed E-state index contributed by atoms with van der Waals surface area (Å²) < 4.78 is 33.3. The van der Waals surface area contributed by atoms with E-state index in [-0.39, 0.29) is 47.3 Å². The van der Waals surface area contributed by atoms with Gasteiger partial charge < -0.3 is 34.8 Å². The normalized spacial score (nSPS) is 13.5. The topological polar surface area (TPSA) is 155 Å². The highest BCUT2D eigenvalue weighted by molar-refractivity contribution is 6.77. The molecule has 4 N–H and O–H groups in total. The van der Waals surface area contributed by atoms with Gasteiger partial charge in [0.15, 0.2) is 0 Å². The van der Waals surface area contributed by atoms with Crippen LogP contribution in [0.25, 0.3) is 22.0 Å². The van der Waals surface area contributed by atoms with E-state index in [1.54, 1.807) is 77.9 Å². The number of nitrogens with one attached hydrogen (secondary N) is 4. The molecule has 0 aliphatic rings. The van der Waals surface area contributed by atoms with Crippen LogP contribution in [0.4, 0.5) is 14.0 Å². The van der Waals surface area contributed by atoms with Crippen LogP contribution in [0.5, 0.6) is 0 Å². The second kappa shape index (κ2) is 17.6. The molecule has 1 unspecified atom stereocenters. The Balaban J connectivity index is 2.02. The molecule has 290 valence electrons. The highest BCUT2D eigenvalue weighted by atomic mass is 28.4.